The highest BCUT2D eigenvalue weighted by molar-refractivity contribution is 9.10. The van der Waals surface area contributed by atoms with Crippen molar-refractivity contribution in [2.24, 2.45) is 0 Å². The number of hydrogen-bond donors (Lipinski definition) is 1. The van der Waals surface area contributed by atoms with Crippen molar-refractivity contribution in [2.75, 3.05) is 0 Å². The van der Waals surface area contributed by atoms with E-state index < -0.39 is 11.7 Å². The van der Waals surface area contributed by atoms with E-state index in [2.05, 4.69) is 21.2 Å². The summed E-state index contributed by atoms with van der Waals surface area (Å²) in [5.74, 6) is -0.938. The number of nitrogens with one attached hydrogen (secondary N) is 1. The molecular formula is C14H13BrFNOS. The largest absolute Gasteiger partial charge is 0.345 e. The Labute approximate surface area is 123 Å². The van der Waals surface area contributed by atoms with Gasteiger partial charge in [-0.1, -0.05) is 6.07 Å². The van der Waals surface area contributed by atoms with Gasteiger partial charge in [0.05, 0.1) is 16.1 Å². The smallest absolute Gasteiger partial charge is 0.254 e. The zero-order valence-corrected chi connectivity index (χ0v) is 12.9. The molecule has 1 aromatic carbocycles. The second kappa shape index (κ2) is 5.84. The molecule has 0 aliphatic heterocycles. The van der Waals surface area contributed by atoms with E-state index in [9.17, 15) is 9.18 Å². The van der Waals surface area contributed by atoms with Crippen LogP contribution in [0.25, 0.3) is 0 Å². The van der Waals surface area contributed by atoms with Gasteiger partial charge in [-0.3, -0.25) is 4.79 Å². The number of thiophene rings is 1. The number of hydrogen-bond acceptors (Lipinski definition) is 2. The van der Waals surface area contributed by atoms with Crippen LogP contribution in [-0.2, 0) is 0 Å². The molecule has 100 valence electrons. The fraction of sp³-hybridized carbons (Fsp3) is 0.214. The Morgan fingerprint density at radius 1 is 1.37 bits per heavy atom. The van der Waals surface area contributed by atoms with Crippen LogP contribution >= 0.6 is 27.3 Å². The molecule has 19 heavy (non-hydrogen) atoms. The molecule has 1 N–H and O–H groups in total. The van der Waals surface area contributed by atoms with E-state index in [1.54, 1.807) is 23.5 Å². The van der Waals surface area contributed by atoms with Crippen molar-refractivity contribution >= 4 is 33.2 Å². The molecule has 1 heterocycles. The average Bonchev–Trinajstić information content (AvgIpc) is 2.79. The Morgan fingerprint density at radius 2 is 2.11 bits per heavy atom. The van der Waals surface area contributed by atoms with Crippen LogP contribution in [0, 0.1) is 12.7 Å². The summed E-state index contributed by atoms with van der Waals surface area (Å²) < 4.78 is 14.1. The fourth-order valence-corrected chi connectivity index (χ4v) is 2.96. The van der Waals surface area contributed by atoms with Crippen molar-refractivity contribution in [1.29, 1.82) is 0 Å². The van der Waals surface area contributed by atoms with Crippen LogP contribution in [-0.4, -0.2) is 5.91 Å². The predicted molar refractivity (Wildman–Crippen MR) is 79.0 cm³/mol. The maximum atomic E-state index is 13.8. The first-order valence-electron chi connectivity index (χ1n) is 5.80. The van der Waals surface area contributed by atoms with Gasteiger partial charge in [0.1, 0.15) is 5.82 Å². The summed E-state index contributed by atoms with van der Waals surface area (Å²) in [6.45, 7) is 3.90. The number of carbonyl (C=O) groups is 1. The first-order valence-corrected chi connectivity index (χ1v) is 7.41. The zero-order valence-electron chi connectivity index (χ0n) is 10.5. The standard InChI is InChI=1S/C14H13BrFNOS/c1-8-6-7-12(19-8)9(2)17-14(18)10-4-3-5-11(15)13(10)16/h3-7,9H,1-2H3,(H,17,18). The van der Waals surface area contributed by atoms with Crippen molar-refractivity contribution in [3.8, 4) is 0 Å². The minimum atomic E-state index is -0.533. The van der Waals surface area contributed by atoms with Gasteiger partial charge in [-0.05, 0) is 54.0 Å². The highest BCUT2D eigenvalue weighted by atomic mass is 79.9. The van der Waals surface area contributed by atoms with Crippen molar-refractivity contribution in [2.45, 2.75) is 19.9 Å². The summed E-state index contributed by atoms with van der Waals surface area (Å²) in [6.07, 6.45) is 0. The summed E-state index contributed by atoms with van der Waals surface area (Å²) in [5, 5.41) is 2.80. The summed E-state index contributed by atoms with van der Waals surface area (Å²) >= 11 is 4.70. The first kappa shape index (κ1) is 14.2. The van der Waals surface area contributed by atoms with E-state index >= 15 is 0 Å². The van der Waals surface area contributed by atoms with Gasteiger partial charge in [-0.25, -0.2) is 4.39 Å². The van der Waals surface area contributed by atoms with Crippen molar-refractivity contribution in [3.05, 3.63) is 55.9 Å². The van der Waals surface area contributed by atoms with Gasteiger partial charge in [0.25, 0.3) is 5.91 Å². The van der Waals surface area contributed by atoms with Gasteiger partial charge in [-0.2, -0.15) is 0 Å². The van der Waals surface area contributed by atoms with Crippen LogP contribution in [0.4, 0.5) is 4.39 Å². The minimum Gasteiger partial charge on any atom is -0.345 e. The highest BCUT2D eigenvalue weighted by Gasteiger charge is 2.17. The van der Waals surface area contributed by atoms with Crippen molar-refractivity contribution < 1.29 is 9.18 Å². The summed E-state index contributed by atoms with van der Waals surface area (Å²) in [7, 11) is 0. The van der Waals surface area contributed by atoms with Crippen LogP contribution in [0.1, 0.15) is 33.1 Å². The molecular weight excluding hydrogens is 329 g/mol. The van der Waals surface area contributed by atoms with E-state index in [0.29, 0.717) is 4.47 Å². The summed E-state index contributed by atoms with van der Waals surface area (Å²) in [5.41, 5.74) is 0.0505. The molecule has 1 aromatic heterocycles. The van der Waals surface area contributed by atoms with Crippen molar-refractivity contribution in [3.63, 3.8) is 0 Å². The molecule has 1 amide bonds. The molecule has 0 radical (unpaired) electrons. The summed E-state index contributed by atoms with van der Waals surface area (Å²) in [4.78, 5) is 14.3. The minimum absolute atomic E-state index is 0.0505. The molecule has 0 bridgehead atoms. The van der Waals surface area contributed by atoms with Crippen molar-refractivity contribution in [1.82, 2.24) is 5.32 Å². The maximum absolute atomic E-state index is 13.8. The zero-order chi connectivity index (χ0) is 14.0. The van der Waals surface area contributed by atoms with E-state index in [1.165, 1.54) is 10.9 Å². The van der Waals surface area contributed by atoms with E-state index in [-0.39, 0.29) is 11.6 Å². The molecule has 0 saturated carbocycles. The third kappa shape index (κ3) is 3.22. The lowest BCUT2D eigenvalue weighted by Crippen LogP contribution is -2.27. The third-order valence-corrected chi connectivity index (χ3v) is 4.53. The van der Waals surface area contributed by atoms with Gasteiger partial charge in [0.15, 0.2) is 0 Å². The quantitative estimate of drug-likeness (QED) is 0.877. The number of carbonyl (C=O) groups excluding carboxylic acids is 1. The molecule has 0 aliphatic rings. The molecule has 0 fully saturated rings. The van der Waals surface area contributed by atoms with E-state index in [1.807, 2.05) is 26.0 Å². The lowest BCUT2D eigenvalue weighted by Gasteiger charge is -2.13. The van der Waals surface area contributed by atoms with Crippen LogP contribution in [0.5, 0.6) is 0 Å². The predicted octanol–water partition coefficient (Wildman–Crippen LogP) is 4.45. The Bertz CT molecular complexity index is 611. The average molecular weight is 342 g/mol. The second-order valence-corrected chi connectivity index (χ2v) is 6.42. The lowest BCUT2D eigenvalue weighted by molar-refractivity contribution is 0.0936. The first-order chi connectivity index (χ1) is 8.99. The van der Waals surface area contributed by atoms with Gasteiger partial charge in [0.2, 0.25) is 0 Å². The molecule has 1 unspecified atom stereocenters. The molecule has 5 heteroatoms. The molecule has 0 spiro atoms. The van der Waals surface area contributed by atoms with E-state index in [0.717, 1.165) is 4.88 Å². The second-order valence-electron chi connectivity index (χ2n) is 4.24. The number of amides is 1. The van der Waals surface area contributed by atoms with Crippen LogP contribution < -0.4 is 5.32 Å². The lowest BCUT2D eigenvalue weighted by atomic mass is 10.2. The normalized spacial score (nSPS) is 12.2. The molecule has 2 aromatic rings. The molecule has 1 atom stereocenters. The van der Waals surface area contributed by atoms with Gasteiger partial charge in [-0.15, -0.1) is 11.3 Å². The number of rotatable bonds is 3. The molecule has 0 aliphatic carbocycles. The number of benzene rings is 1. The maximum Gasteiger partial charge on any atom is 0.254 e. The Kier molecular flexibility index (Phi) is 4.37. The number of halogens is 2. The summed E-state index contributed by atoms with van der Waals surface area (Å²) in [6, 6.07) is 8.52. The Hall–Kier alpha value is -1.20. The SMILES string of the molecule is Cc1ccc(C(C)NC(=O)c2cccc(Br)c2F)s1. The number of aryl methyl sites for hydroxylation is 1. The Balaban J connectivity index is 2.15. The van der Waals surface area contributed by atoms with Crippen LogP contribution in [0.2, 0.25) is 0 Å². The van der Waals surface area contributed by atoms with E-state index in [4.69, 9.17) is 0 Å². The van der Waals surface area contributed by atoms with Crippen LogP contribution in [0.3, 0.4) is 0 Å². The van der Waals surface area contributed by atoms with Gasteiger partial charge >= 0.3 is 0 Å². The fourth-order valence-electron chi connectivity index (χ4n) is 1.71. The third-order valence-electron chi connectivity index (χ3n) is 2.73. The topological polar surface area (TPSA) is 29.1 Å². The monoisotopic (exact) mass is 341 g/mol. The molecule has 0 saturated heterocycles. The van der Waals surface area contributed by atoms with Gasteiger partial charge < -0.3 is 5.32 Å². The molecule has 2 rings (SSSR count). The highest BCUT2D eigenvalue weighted by Crippen LogP contribution is 2.23. The Morgan fingerprint density at radius 3 is 2.74 bits per heavy atom. The van der Waals surface area contributed by atoms with Crippen LogP contribution in [0.15, 0.2) is 34.8 Å². The molecule has 2 nitrogen and oxygen atoms in total. The van der Waals surface area contributed by atoms with Gasteiger partial charge in [0, 0.05) is 9.75 Å².